The fourth-order valence-electron chi connectivity index (χ4n) is 2.58. The fourth-order valence-corrected chi connectivity index (χ4v) is 2.58. The Morgan fingerprint density at radius 3 is 2.18 bits per heavy atom. The van der Waals surface area contributed by atoms with Gasteiger partial charge in [0.05, 0.1) is 0 Å². The average molecular weight is 293 g/mol. The molecule has 0 radical (unpaired) electrons. The number of benzene rings is 2. The lowest BCUT2D eigenvalue weighted by molar-refractivity contribution is -0.117. The van der Waals surface area contributed by atoms with Crippen LogP contribution in [-0.4, -0.2) is 12.2 Å². The monoisotopic (exact) mass is 293 g/mol. The normalized spacial score (nSPS) is 11.5. The van der Waals surface area contributed by atoms with E-state index in [-0.39, 0.29) is 5.91 Å². The summed E-state index contributed by atoms with van der Waals surface area (Å²) in [5, 5.41) is 0. The molecule has 2 aromatic rings. The number of carbonyl (C=O) groups is 2. The second-order valence-electron chi connectivity index (χ2n) is 5.25. The first-order valence-corrected chi connectivity index (χ1v) is 7.11. The molecule has 0 aliphatic rings. The zero-order valence-corrected chi connectivity index (χ0v) is 12.8. The van der Waals surface area contributed by atoms with Crippen molar-refractivity contribution in [3.05, 3.63) is 77.9 Å². The van der Waals surface area contributed by atoms with Crippen LogP contribution in [0.3, 0.4) is 0 Å². The summed E-state index contributed by atoms with van der Waals surface area (Å²) in [5.41, 5.74) is 3.58. The van der Waals surface area contributed by atoms with Crippen molar-refractivity contribution >= 4 is 17.9 Å². The van der Waals surface area contributed by atoms with Gasteiger partial charge in [0.25, 0.3) is 5.91 Å². The Hall–Kier alpha value is -2.68. The Kier molecular flexibility index (Phi) is 4.89. The summed E-state index contributed by atoms with van der Waals surface area (Å²) in [6, 6.07) is 14.4. The Morgan fingerprint density at radius 1 is 1.09 bits per heavy atom. The SMILES string of the molecule is C=CC(=O)N(c1ccccc1)C(C=O)c1cc(C)cc(C)c1. The smallest absolute Gasteiger partial charge is 0.251 e. The minimum atomic E-state index is -0.675. The van der Waals surface area contributed by atoms with Crippen LogP contribution < -0.4 is 4.90 Å². The molecule has 3 heteroatoms. The van der Waals surface area contributed by atoms with E-state index < -0.39 is 6.04 Å². The second-order valence-corrected chi connectivity index (χ2v) is 5.25. The number of amides is 1. The van der Waals surface area contributed by atoms with Crippen LogP contribution in [0.5, 0.6) is 0 Å². The van der Waals surface area contributed by atoms with E-state index in [2.05, 4.69) is 6.58 Å². The molecule has 0 bridgehead atoms. The lowest BCUT2D eigenvalue weighted by Gasteiger charge is -2.28. The lowest BCUT2D eigenvalue weighted by atomic mass is 10.00. The van der Waals surface area contributed by atoms with Gasteiger partial charge >= 0.3 is 0 Å². The summed E-state index contributed by atoms with van der Waals surface area (Å²) in [6.07, 6.45) is 2.02. The van der Waals surface area contributed by atoms with Crippen molar-refractivity contribution in [2.75, 3.05) is 4.90 Å². The van der Waals surface area contributed by atoms with Crippen LogP contribution in [0.1, 0.15) is 22.7 Å². The van der Waals surface area contributed by atoms with Gasteiger partial charge in [-0.15, -0.1) is 0 Å². The minimum absolute atomic E-state index is 0.303. The number of aldehydes is 1. The highest BCUT2D eigenvalue weighted by Crippen LogP contribution is 2.27. The molecule has 112 valence electrons. The minimum Gasteiger partial charge on any atom is -0.301 e. The zero-order valence-electron chi connectivity index (χ0n) is 12.8. The van der Waals surface area contributed by atoms with E-state index in [0.717, 1.165) is 23.0 Å². The molecule has 1 atom stereocenters. The summed E-state index contributed by atoms with van der Waals surface area (Å²) in [5.74, 6) is -0.303. The van der Waals surface area contributed by atoms with E-state index in [0.29, 0.717) is 5.69 Å². The summed E-state index contributed by atoms with van der Waals surface area (Å²) in [6.45, 7) is 7.49. The predicted octanol–water partition coefficient (Wildman–Crippen LogP) is 3.76. The van der Waals surface area contributed by atoms with Crippen LogP contribution in [0, 0.1) is 13.8 Å². The Bertz CT molecular complexity index is 672. The first kappa shape index (κ1) is 15.7. The Balaban J connectivity index is 2.54. The number of aryl methyl sites for hydroxylation is 2. The number of carbonyl (C=O) groups excluding carboxylic acids is 2. The molecule has 0 N–H and O–H groups in total. The third-order valence-corrected chi connectivity index (χ3v) is 3.44. The van der Waals surface area contributed by atoms with Gasteiger partial charge in [-0.1, -0.05) is 54.1 Å². The first-order chi connectivity index (χ1) is 10.6. The van der Waals surface area contributed by atoms with Crippen molar-refractivity contribution in [3.8, 4) is 0 Å². The van der Waals surface area contributed by atoms with Gasteiger partial charge < -0.3 is 4.79 Å². The van der Waals surface area contributed by atoms with Gasteiger partial charge in [0.1, 0.15) is 12.3 Å². The average Bonchev–Trinajstić information content (AvgIpc) is 2.51. The van der Waals surface area contributed by atoms with Gasteiger partial charge in [-0.2, -0.15) is 0 Å². The summed E-state index contributed by atoms with van der Waals surface area (Å²) in [4.78, 5) is 25.5. The molecule has 1 amide bonds. The maximum atomic E-state index is 12.3. The van der Waals surface area contributed by atoms with Gasteiger partial charge in [-0.3, -0.25) is 9.69 Å². The molecule has 0 aliphatic carbocycles. The van der Waals surface area contributed by atoms with E-state index in [9.17, 15) is 9.59 Å². The number of nitrogens with zero attached hydrogens (tertiary/aromatic N) is 1. The van der Waals surface area contributed by atoms with Crippen LogP contribution in [-0.2, 0) is 9.59 Å². The highest BCUT2D eigenvalue weighted by Gasteiger charge is 2.25. The molecule has 0 spiro atoms. The molecule has 3 nitrogen and oxygen atoms in total. The number of anilines is 1. The van der Waals surface area contributed by atoms with E-state index in [1.165, 1.54) is 11.0 Å². The van der Waals surface area contributed by atoms with Crippen molar-refractivity contribution in [3.63, 3.8) is 0 Å². The molecule has 22 heavy (non-hydrogen) atoms. The zero-order chi connectivity index (χ0) is 16.1. The van der Waals surface area contributed by atoms with Gasteiger partial charge in [0.2, 0.25) is 0 Å². The number of hydrogen-bond donors (Lipinski definition) is 0. The molecule has 0 saturated heterocycles. The number of hydrogen-bond acceptors (Lipinski definition) is 2. The molecule has 1 unspecified atom stereocenters. The standard InChI is InChI=1S/C19H19NO2/c1-4-19(22)20(17-8-6-5-7-9-17)18(13-21)16-11-14(2)10-15(3)12-16/h4-13,18H,1H2,2-3H3. The second kappa shape index (κ2) is 6.85. The van der Waals surface area contributed by atoms with Crippen LogP contribution in [0.4, 0.5) is 5.69 Å². The molecule has 0 aromatic heterocycles. The molecule has 2 aromatic carbocycles. The van der Waals surface area contributed by atoms with Gasteiger partial charge in [-0.25, -0.2) is 0 Å². The van der Waals surface area contributed by atoms with Crippen molar-refractivity contribution in [1.29, 1.82) is 0 Å². The van der Waals surface area contributed by atoms with Crippen LogP contribution >= 0.6 is 0 Å². The van der Waals surface area contributed by atoms with Crippen molar-refractivity contribution in [2.45, 2.75) is 19.9 Å². The van der Waals surface area contributed by atoms with Gasteiger partial charge in [0.15, 0.2) is 0 Å². The Labute approximate surface area is 130 Å². The van der Waals surface area contributed by atoms with Gasteiger partial charge in [-0.05, 0) is 37.6 Å². The van der Waals surface area contributed by atoms with Crippen LogP contribution in [0.2, 0.25) is 0 Å². The molecule has 0 aliphatic heterocycles. The fraction of sp³-hybridized carbons (Fsp3) is 0.158. The molecular weight excluding hydrogens is 274 g/mol. The lowest BCUT2D eigenvalue weighted by Crippen LogP contribution is -2.34. The highest BCUT2D eigenvalue weighted by molar-refractivity contribution is 6.04. The van der Waals surface area contributed by atoms with E-state index in [4.69, 9.17) is 0 Å². The predicted molar refractivity (Wildman–Crippen MR) is 88.8 cm³/mol. The topological polar surface area (TPSA) is 37.4 Å². The van der Waals surface area contributed by atoms with Crippen LogP contribution in [0.25, 0.3) is 0 Å². The number of para-hydroxylation sites is 1. The largest absolute Gasteiger partial charge is 0.301 e. The maximum Gasteiger partial charge on any atom is 0.251 e. The van der Waals surface area contributed by atoms with Gasteiger partial charge in [0, 0.05) is 5.69 Å². The van der Waals surface area contributed by atoms with Crippen molar-refractivity contribution in [1.82, 2.24) is 0 Å². The number of rotatable bonds is 5. The van der Waals surface area contributed by atoms with Crippen LogP contribution in [0.15, 0.2) is 61.2 Å². The third-order valence-electron chi connectivity index (χ3n) is 3.44. The van der Waals surface area contributed by atoms with E-state index >= 15 is 0 Å². The third kappa shape index (κ3) is 3.31. The molecule has 0 fully saturated rings. The molecule has 2 rings (SSSR count). The van der Waals surface area contributed by atoms with E-state index in [1.807, 2.05) is 50.2 Å². The maximum absolute atomic E-state index is 12.3. The molecular formula is C19H19NO2. The summed E-state index contributed by atoms with van der Waals surface area (Å²) in [7, 11) is 0. The highest BCUT2D eigenvalue weighted by atomic mass is 16.2. The van der Waals surface area contributed by atoms with E-state index in [1.54, 1.807) is 12.1 Å². The summed E-state index contributed by atoms with van der Waals surface area (Å²) < 4.78 is 0. The first-order valence-electron chi connectivity index (χ1n) is 7.11. The quantitative estimate of drug-likeness (QED) is 0.621. The molecule has 0 heterocycles. The molecule has 0 saturated carbocycles. The Morgan fingerprint density at radius 2 is 1.68 bits per heavy atom. The van der Waals surface area contributed by atoms with Crippen molar-refractivity contribution < 1.29 is 9.59 Å². The summed E-state index contributed by atoms with van der Waals surface area (Å²) >= 11 is 0. The van der Waals surface area contributed by atoms with Crippen molar-refractivity contribution in [2.24, 2.45) is 0 Å².